The summed E-state index contributed by atoms with van der Waals surface area (Å²) in [5.74, 6) is 0.569. The van der Waals surface area contributed by atoms with Gasteiger partial charge in [0.2, 0.25) is 11.8 Å². The Morgan fingerprint density at radius 2 is 1.76 bits per heavy atom. The van der Waals surface area contributed by atoms with E-state index in [2.05, 4.69) is 10.2 Å². The Labute approximate surface area is 198 Å². The highest BCUT2D eigenvalue weighted by Gasteiger charge is 2.28. The topological polar surface area (TPSA) is 70.6 Å². The molecule has 0 spiro atoms. The van der Waals surface area contributed by atoms with E-state index >= 15 is 0 Å². The number of nitrogens with zero attached hydrogens (tertiary/aromatic N) is 4. The average Bonchev–Trinajstić information content (AvgIpc) is 2.87. The first-order chi connectivity index (χ1) is 16.6. The number of carbonyl (C=O) groups excluding carboxylic acids is 1. The molecule has 1 fully saturated rings. The molecule has 3 aromatic rings. The molecule has 2 amide bonds. The number of rotatable bonds is 4. The number of aryl methyl sites for hydroxylation is 1. The number of nitrogens with one attached hydrogen (secondary N) is 1. The Kier molecular flexibility index (Phi) is 6.29. The standard InChI is InChI=1S/C26H28FN5O2/c1-18-9-11-19(12-10-18)28-26(33)32-16-13-22-20(17-32)24(34-23-8-4-3-7-21(23)27)30-25(29-22)31-14-5-2-6-15-31/h3-4,7-12H,2,5-6,13-17H2,1H3,(H,28,33). The molecule has 3 heterocycles. The van der Waals surface area contributed by atoms with Crippen LogP contribution < -0.4 is 15.0 Å². The van der Waals surface area contributed by atoms with Gasteiger partial charge in [0.1, 0.15) is 0 Å². The van der Waals surface area contributed by atoms with Gasteiger partial charge in [-0.05, 0) is 50.5 Å². The number of amides is 2. The highest BCUT2D eigenvalue weighted by molar-refractivity contribution is 5.89. The molecular formula is C26H28FN5O2. The van der Waals surface area contributed by atoms with E-state index in [1.54, 1.807) is 23.1 Å². The van der Waals surface area contributed by atoms with E-state index in [1.165, 1.54) is 12.5 Å². The fourth-order valence-corrected chi connectivity index (χ4v) is 4.34. The van der Waals surface area contributed by atoms with E-state index in [0.717, 1.165) is 42.9 Å². The van der Waals surface area contributed by atoms with Gasteiger partial charge in [-0.3, -0.25) is 0 Å². The molecule has 1 saturated heterocycles. The molecule has 8 heteroatoms. The van der Waals surface area contributed by atoms with Gasteiger partial charge in [-0.15, -0.1) is 0 Å². The van der Waals surface area contributed by atoms with Crippen LogP contribution in [0.1, 0.15) is 36.1 Å². The number of piperidine rings is 1. The van der Waals surface area contributed by atoms with E-state index in [1.807, 2.05) is 31.2 Å². The molecule has 2 aromatic carbocycles. The zero-order valence-corrected chi connectivity index (χ0v) is 19.3. The zero-order valence-electron chi connectivity index (χ0n) is 19.3. The number of benzene rings is 2. The van der Waals surface area contributed by atoms with Gasteiger partial charge >= 0.3 is 6.03 Å². The molecule has 34 heavy (non-hydrogen) atoms. The highest BCUT2D eigenvalue weighted by Crippen LogP contribution is 2.33. The molecule has 176 valence electrons. The van der Waals surface area contributed by atoms with Crippen molar-refractivity contribution in [3.63, 3.8) is 0 Å². The Hall–Kier alpha value is -3.68. The first-order valence-electron chi connectivity index (χ1n) is 11.8. The second-order valence-electron chi connectivity index (χ2n) is 8.80. The van der Waals surface area contributed by atoms with Crippen LogP contribution in [0.3, 0.4) is 0 Å². The lowest BCUT2D eigenvalue weighted by atomic mass is 10.1. The van der Waals surface area contributed by atoms with Gasteiger partial charge in [0.25, 0.3) is 0 Å². The van der Waals surface area contributed by atoms with Crippen LogP contribution in [-0.2, 0) is 13.0 Å². The third-order valence-corrected chi connectivity index (χ3v) is 6.28. The quantitative estimate of drug-likeness (QED) is 0.571. The van der Waals surface area contributed by atoms with Crippen LogP contribution in [0.5, 0.6) is 11.6 Å². The van der Waals surface area contributed by atoms with Crippen LogP contribution in [0, 0.1) is 12.7 Å². The minimum Gasteiger partial charge on any atom is -0.435 e. The first kappa shape index (κ1) is 22.1. The average molecular weight is 462 g/mol. The fourth-order valence-electron chi connectivity index (χ4n) is 4.34. The van der Waals surface area contributed by atoms with Gasteiger partial charge in [0.15, 0.2) is 11.6 Å². The van der Waals surface area contributed by atoms with Crippen molar-refractivity contribution >= 4 is 17.7 Å². The number of carbonyl (C=O) groups is 1. The lowest BCUT2D eigenvalue weighted by molar-refractivity contribution is 0.205. The Balaban J connectivity index is 1.43. The fraction of sp³-hybridized carbons (Fsp3) is 0.346. The number of fused-ring (bicyclic) bond motifs is 1. The summed E-state index contributed by atoms with van der Waals surface area (Å²) in [4.78, 5) is 26.4. The first-order valence-corrected chi connectivity index (χ1v) is 11.8. The number of halogens is 1. The van der Waals surface area contributed by atoms with Crippen molar-refractivity contribution in [1.82, 2.24) is 14.9 Å². The lowest BCUT2D eigenvalue weighted by Crippen LogP contribution is -2.40. The van der Waals surface area contributed by atoms with E-state index < -0.39 is 5.82 Å². The third kappa shape index (κ3) is 4.81. The van der Waals surface area contributed by atoms with Gasteiger partial charge in [-0.2, -0.15) is 4.98 Å². The number of hydrogen-bond donors (Lipinski definition) is 1. The van der Waals surface area contributed by atoms with Crippen molar-refractivity contribution in [2.45, 2.75) is 39.2 Å². The summed E-state index contributed by atoms with van der Waals surface area (Å²) in [6, 6.07) is 13.7. The molecule has 7 nitrogen and oxygen atoms in total. The van der Waals surface area contributed by atoms with Gasteiger partial charge < -0.3 is 19.9 Å². The second kappa shape index (κ2) is 9.67. The van der Waals surface area contributed by atoms with Crippen LogP contribution in [0.15, 0.2) is 48.5 Å². The number of aromatic nitrogens is 2. The number of urea groups is 1. The van der Waals surface area contributed by atoms with E-state index in [9.17, 15) is 9.18 Å². The summed E-state index contributed by atoms with van der Waals surface area (Å²) in [7, 11) is 0. The molecule has 0 unspecified atom stereocenters. The maximum absolute atomic E-state index is 14.4. The molecule has 5 rings (SSSR count). The largest absolute Gasteiger partial charge is 0.435 e. The number of hydrogen-bond acceptors (Lipinski definition) is 5. The number of anilines is 2. The van der Waals surface area contributed by atoms with Crippen LogP contribution in [-0.4, -0.2) is 40.5 Å². The normalized spacial score (nSPS) is 15.6. The maximum atomic E-state index is 14.4. The van der Waals surface area contributed by atoms with Crippen molar-refractivity contribution in [1.29, 1.82) is 0 Å². The van der Waals surface area contributed by atoms with Crippen LogP contribution >= 0.6 is 0 Å². The summed E-state index contributed by atoms with van der Waals surface area (Å²) >= 11 is 0. The SMILES string of the molecule is Cc1ccc(NC(=O)N2CCc3nc(N4CCCCC4)nc(Oc4ccccc4F)c3C2)cc1. The minimum absolute atomic E-state index is 0.106. The number of ether oxygens (including phenoxy) is 1. The molecule has 0 atom stereocenters. The van der Waals surface area contributed by atoms with Gasteiger partial charge in [-0.1, -0.05) is 29.8 Å². The zero-order chi connectivity index (χ0) is 23.5. The van der Waals surface area contributed by atoms with Crippen molar-refractivity contribution in [3.8, 4) is 11.6 Å². The predicted octanol–water partition coefficient (Wildman–Crippen LogP) is 5.30. The predicted molar refractivity (Wildman–Crippen MR) is 129 cm³/mol. The molecular weight excluding hydrogens is 433 g/mol. The molecule has 2 aliphatic heterocycles. The van der Waals surface area contributed by atoms with Crippen LogP contribution in [0.25, 0.3) is 0 Å². The van der Waals surface area contributed by atoms with Gasteiger partial charge in [0, 0.05) is 31.7 Å². The molecule has 0 saturated carbocycles. The van der Waals surface area contributed by atoms with E-state index in [4.69, 9.17) is 14.7 Å². The van der Waals surface area contributed by atoms with Crippen molar-refractivity contribution in [2.75, 3.05) is 29.9 Å². The Morgan fingerprint density at radius 1 is 1.00 bits per heavy atom. The molecule has 1 aromatic heterocycles. The smallest absolute Gasteiger partial charge is 0.322 e. The monoisotopic (exact) mass is 461 g/mol. The Morgan fingerprint density at radius 3 is 2.53 bits per heavy atom. The highest BCUT2D eigenvalue weighted by atomic mass is 19.1. The van der Waals surface area contributed by atoms with Crippen molar-refractivity contribution in [2.24, 2.45) is 0 Å². The molecule has 2 aliphatic rings. The molecule has 0 radical (unpaired) electrons. The van der Waals surface area contributed by atoms with Crippen molar-refractivity contribution < 1.29 is 13.9 Å². The van der Waals surface area contributed by atoms with Crippen LogP contribution in [0.4, 0.5) is 20.8 Å². The summed E-state index contributed by atoms with van der Waals surface area (Å²) < 4.78 is 20.4. The number of para-hydroxylation sites is 1. The summed E-state index contributed by atoms with van der Waals surface area (Å²) in [6.07, 6.45) is 3.96. The van der Waals surface area contributed by atoms with E-state index in [-0.39, 0.29) is 18.3 Å². The van der Waals surface area contributed by atoms with Gasteiger partial charge in [-0.25, -0.2) is 14.2 Å². The molecule has 0 aliphatic carbocycles. The maximum Gasteiger partial charge on any atom is 0.322 e. The van der Waals surface area contributed by atoms with Gasteiger partial charge in [0.05, 0.1) is 17.8 Å². The lowest BCUT2D eigenvalue weighted by Gasteiger charge is -2.32. The molecule has 1 N–H and O–H groups in total. The van der Waals surface area contributed by atoms with E-state index in [0.29, 0.717) is 30.4 Å². The second-order valence-corrected chi connectivity index (χ2v) is 8.80. The van der Waals surface area contributed by atoms with Crippen LogP contribution in [0.2, 0.25) is 0 Å². The van der Waals surface area contributed by atoms with Crippen molar-refractivity contribution in [3.05, 3.63) is 71.2 Å². The summed E-state index contributed by atoms with van der Waals surface area (Å²) in [6.45, 7) is 4.60. The minimum atomic E-state index is -0.459. The summed E-state index contributed by atoms with van der Waals surface area (Å²) in [5.41, 5.74) is 3.43. The molecule has 0 bridgehead atoms. The third-order valence-electron chi connectivity index (χ3n) is 6.28. The summed E-state index contributed by atoms with van der Waals surface area (Å²) in [5, 5.41) is 2.95. The Bertz CT molecular complexity index is 1180.